The van der Waals surface area contributed by atoms with Gasteiger partial charge in [0, 0.05) is 38.3 Å². The monoisotopic (exact) mass is 266 g/mol. The van der Waals surface area contributed by atoms with Crippen LogP contribution < -0.4 is 0 Å². The molecule has 0 saturated carbocycles. The molecule has 1 aromatic rings. The normalized spacial score (nSPS) is 18.4. The highest BCUT2D eigenvalue weighted by Gasteiger charge is 2.23. The van der Waals surface area contributed by atoms with E-state index in [1.54, 1.807) is 17.0 Å². The molecule has 2 rings (SSSR count). The van der Waals surface area contributed by atoms with Crippen LogP contribution in [0.5, 0.6) is 0 Å². The van der Waals surface area contributed by atoms with Gasteiger partial charge in [-0.3, -0.25) is 9.69 Å². The minimum absolute atomic E-state index is 0.190. The molecule has 0 aliphatic carbocycles. The highest BCUT2D eigenvalue weighted by atomic mass is 19.1. The average Bonchev–Trinajstić information content (AvgIpc) is 2.41. The van der Waals surface area contributed by atoms with Gasteiger partial charge in [0.1, 0.15) is 11.9 Å². The second-order valence-electron chi connectivity index (χ2n) is 4.87. The first kappa shape index (κ1) is 14.0. The molecule has 1 saturated heterocycles. The molecule has 1 heterocycles. The third-order valence-electron chi connectivity index (χ3n) is 3.39. The van der Waals surface area contributed by atoms with E-state index in [1.807, 2.05) is 6.07 Å². The molecule has 0 aromatic heterocycles. The zero-order valence-electron chi connectivity index (χ0n) is 11.1. The van der Waals surface area contributed by atoms with E-state index in [-0.39, 0.29) is 11.7 Å². The number of carbonyl (C=O) groups excluding carboxylic acids is 1. The molecule has 1 N–H and O–H groups in total. The van der Waals surface area contributed by atoms with E-state index in [4.69, 9.17) is 0 Å². The van der Waals surface area contributed by atoms with Crippen molar-refractivity contribution in [3.8, 4) is 0 Å². The summed E-state index contributed by atoms with van der Waals surface area (Å²) in [5.74, 6) is -0.421. The average molecular weight is 266 g/mol. The highest BCUT2D eigenvalue weighted by molar-refractivity contribution is 5.80. The van der Waals surface area contributed by atoms with Crippen LogP contribution in [-0.2, 0) is 11.3 Å². The van der Waals surface area contributed by atoms with Crippen LogP contribution in [0.2, 0.25) is 0 Å². The third-order valence-corrected chi connectivity index (χ3v) is 3.39. The maximum Gasteiger partial charge on any atom is 0.251 e. The lowest BCUT2D eigenvalue weighted by Gasteiger charge is -2.35. The number of nitrogens with zero attached hydrogens (tertiary/aromatic N) is 2. The second kappa shape index (κ2) is 6.12. The summed E-state index contributed by atoms with van der Waals surface area (Å²) in [7, 11) is 0. The van der Waals surface area contributed by atoms with Crippen molar-refractivity contribution in [2.75, 3.05) is 26.2 Å². The van der Waals surface area contributed by atoms with Crippen molar-refractivity contribution < 1.29 is 14.3 Å². The summed E-state index contributed by atoms with van der Waals surface area (Å²) in [4.78, 5) is 15.4. The van der Waals surface area contributed by atoms with Crippen molar-refractivity contribution in [2.45, 2.75) is 19.6 Å². The SMILES string of the molecule is CC(O)C(=O)N1CCN(Cc2ccccc2F)CC1. The zero-order valence-corrected chi connectivity index (χ0v) is 11.1. The van der Waals surface area contributed by atoms with Crippen LogP contribution in [0.1, 0.15) is 12.5 Å². The van der Waals surface area contributed by atoms with Crippen molar-refractivity contribution in [2.24, 2.45) is 0 Å². The fourth-order valence-corrected chi connectivity index (χ4v) is 2.26. The van der Waals surface area contributed by atoms with Gasteiger partial charge in [0.05, 0.1) is 0 Å². The van der Waals surface area contributed by atoms with Crippen LogP contribution in [0.25, 0.3) is 0 Å². The van der Waals surface area contributed by atoms with Gasteiger partial charge in [0.15, 0.2) is 0 Å². The van der Waals surface area contributed by atoms with E-state index in [1.165, 1.54) is 13.0 Å². The molecule has 1 aliphatic rings. The Bertz CT molecular complexity index is 443. The largest absolute Gasteiger partial charge is 0.384 e. The first-order valence-corrected chi connectivity index (χ1v) is 6.50. The number of halogens is 1. The number of aliphatic hydroxyl groups excluding tert-OH is 1. The third kappa shape index (κ3) is 3.52. The number of piperazine rings is 1. The van der Waals surface area contributed by atoms with Crippen LogP contribution in [0.4, 0.5) is 4.39 Å². The minimum Gasteiger partial charge on any atom is -0.384 e. The predicted molar refractivity (Wildman–Crippen MR) is 69.9 cm³/mol. The number of aliphatic hydroxyl groups is 1. The Morgan fingerprint density at radius 2 is 1.95 bits per heavy atom. The van der Waals surface area contributed by atoms with Gasteiger partial charge in [-0.25, -0.2) is 4.39 Å². The molecule has 0 spiro atoms. The summed E-state index contributed by atoms with van der Waals surface area (Å²) in [5, 5.41) is 9.26. The summed E-state index contributed by atoms with van der Waals surface area (Å²) in [6.45, 7) is 4.60. The summed E-state index contributed by atoms with van der Waals surface area (Å²) < 4.78 is 13.5. The van der Waals surface area contributed by atoms with E-state index in [0.717, 1.165) is 0 Å². The van der Waals surface area contributed by atoms with Gasteiger partial charge < -0.3 is 10.0 Å². The number of amides is 1. The van der Waals surface area contributed by atoms with Crippen LogP contribution >= 0.6 is 0 Å². The molecule has 5 heteroatoms. The Morgan fingerprint density at radius 1 is 1.32 bits per heavy atom. The topological polar surface area (TPSA) is 43.8 Å². The molecule has 19 heavy (non-hydrogen) atoms. The molecule has 1 unspecified atom stereocenters. The van der Waals surface area contributed by atoms with Crippen molar-refractivity contribution in [3.05, 3.63) is 35.6 Å². The van der Waals surface area contributed by atoms with E-state index in [9.17, 15) is 14.3 Å². The molecule has 0 radical (unpaired) electrons. The molecular weight excluding hydrogens is 247 g/mol. The van der Waals surface area contributed by atoms with Crippen LogP contribution in [0.3, 0.4) is 0 Å². The fourth-order valence-electron chi connectivity index (χ4n) is 2.26. The number of benzene rings is 1. The smallest absolute Gasteiger partial charge is 0.251 e. The minimum atomic E-state index is -0.946. The Labute approximate surface area is 112 Å². The molecule has 1 atom stereocenters. The summed E-state index contributed by atoms with van der Waals surface area (Å²) in [5.41, 5.74) is 0.679. The number of hydrogen-bond donors (Lipinski definition) is 1. The maximum absolute atomic E-state index is 13.5. The van der Waals surface area contributed by atoms with Crippen molar-refractivity contribution in [1.82, 2.24) is 9.80 Å². The Morgan fingerprint density at radius 3 is 2.53 bits per heavy atom. The van der Waals surface area contributed by atoms with Gasteiger partial charge >= 0.3 is 0 Å². The molecule has 1 fully saturated rings. The van der Waals surface area contributed by atoms with Crippen molar-refractivity contribution >= 4 is 5.91 Å². The Balaban J connectivity index is 1.87. The zero-order chi connectivity index (χ0) is 13.8. The maximum atomic E-state index is 13.5. The van der Waals surface area contributed by atoms with Gasteiger partial charge in [-0.2, -0.15) is 0 Å². The lowest BCUT2D eigenvalue weighted by atomic mass is 10.2. The van der Waals surface area contributed by atoms with Gasteiger partial charge in [0.25, 0.3) is 5.91 Å². The molecule has 1 aliphatic heterocycles. The van der Waals surface area contributed by atoms with Crippen LogP contribution in [0, 0.1) is 5.82 Å². The molecule has 0 bridgehead atoms. The van der Waals surface area contributed by atoms with Crippen molar-refractivity contribution in [1.29, 1.82) is 0 Å². The Kier molecular flexibility index (Phi) is 4.50. The van der Waals surface area contributed by atoms with Gasteiger partial charge in [-0.05, 0) is 13.0 Å². The molecule has 4 nitrogen and oxygen atoms in total. The van der Waals surface area contributed by atoms with E-state index >= 15 is 0 Å². The standard InChI is InChI=1S/C14H19FN2O2/c1-11(18)14(19)17-8-6-16(7-9-17)10-12-4-2-3-5-13(12)15/h2-5,11,18H,6-10H2,1H3. The molecule has 104 valence electrons. The second-order valence-corrected chi connectivity index (χ2v) is 4.87. The predicted octanol–water partition coefficient (Wildman–Crippen LogP) is 0.851. The first-order chi connectivity index (χ1) is 9.08. The Hall–Kier alpha value is -1.46. The summed E-state index contributed by atoms with van der Waals surface area (Å²) in [6, 6.07) is 6.74. The number of carbonyl (C=O) groups is 1. The van der Waals surface area contributed by atoms with E-state index in [0.29, 0.717) is 38.3 Å². The van der Waals surface area contributed by atoms with Crippen LogP contribution in [-0.4, -0.2) is 53.1 Å². The van der Waals surface area contributed by atoms with E-state index in [2.05, 4.69) is 4.90 Å². The molecule has 1 aromatic carbocycles. The first-order valence-electron chi connectivity index (χ1n) is 6.50. The molecular formula is C14H19FN2O2. The summed E-state index contributed by atoms with van der Waals surface area (Å²) in [6.07, 6.45) is -0.946. The van der Waals surface area contributed by atoms with E-state index < -0.39 is 6.10 Å². The fraction of sp³-hybridized carbons (Fsp3) is 0.500. The highest BCUT2D eigenvalue weighted by Crippen LogP contribution is 2.12. The van der Waals surface area contributed by atoms with Crippen molar-refractivity contribution in [3.63, 3.8) is 0 Å². The summed E-state index contributed by atoms with van der Waals surface area (Å²) >= 11 is 0. The van der Waals surface area contributed by atoms with Crippen LogP contribution in [0.15, 0.2) is 24.3 Å². The number of hydrogen-bond acceptors (Lipinski definition) is 3. The van der Waals surface area contributed by atoms with Gasteiger partial charge in [-0.15, -0.1) is 0 Å². The number of rotatable bonds is 3. The lowest BCUT2D eigenvalue weighted by molar-refractivity contribution is -0.141. The van der Waals surface area contributed by atoms with Gasteiger partial charge in [-0.1, -0.05) is 18.2 Å². The quantitative estimate of drug-likeness (QED) is 0.882. The molecule has 1 amide bonds. The van der Waals surface area contributed by atoms with Gasteiger partial charge in [0.2, 0.25) is 0 Å². The lowest BCUT2D eigenvalue weighted by Crippen LogP contribution is -2.50.